The molecule has 0 saturated heterocycles. The maximum absolute atomic E-state index is 4.31. The van der Waals surface area contributed by atoms with Crippen molar-refractivity contribution in [2.24, 2.45) is 0 Å². The summed E-state index contributed by atoms with van der Waals surface area (Å²) in [7, 11) is 0. The summed E-state index contributed by atoms with van der Waals surface area (Å²) in [6.07, 6.45) is 0.983. The van der Waals surface area contributed by atoms with Crippen LogP contribution >= 0.6 is 12.6 Å². The summed E-state index contributed by atoms with van der Waals surface area (Å²) in [5.74, 6) is 0. The summed E-state index contributed by atoms with van der Waals surface area (Å²) in [4.78, 5) is 0. The monoisotopic (exact) mass is 219 g/mol. The van der Waals surface area contributed by atoms with E-state index < -0.39 is 0 Å². The third-order valence-electron chi connectivity index (χ3n) is 2.51. The predicted molar refractivity (Wildman–Crippen MR) is 63.2 cm³/mol. The molecule has 0 saturated carbocycles. The van der Waals surface area contributed by atoms with Crippen LogP contribution in [-0.4, -0.2) is 15.4 Å². The van der Waals surface area contributed by atoms with Crippen LogP contribution in [0.15, 0.2) is 23.2 Å². The minimum atomic E-state index is 0.721. The zero-order valence-corrected chi connectivity index (χ0v) is 9.68. The minimum absolute atomic E-state index is 0.721. The molecule has 2 aromatic rings. The van der Waals surface area contributed by atoms with Gasteiger partial charge >= 0.3 is 0 Å². The molecule has 0 aliphatic carbocycles. The summed E-state index contributed by atoms with van der Waals surface area (Å²) < 4.78 is 0. The molecule has 0 aliphatic rings. The highest BCUT2D eigenvalue weighted by Gasteiger charge is 2.12. The smallest absolute Gasteiger partial charge is 0.126 e. The number of nitrogens with zero attached hydrogens (tertiary/aromatic N) is 2. The molecule has 0 fully saturated rings. The quantitative estimate of drug-likeness (QED) is 0.762. The highest BCUT2D eigenvalue weighted by molar-refractivity contribution is 7.80. The van der Waals surface area contributed by atoms with Crippen molar-refractivity contribution in [2.45, 2.75) is 25.3 Å². The van der Waals surface area contributed by atoms with Crippen LogP contribution in [0, 0.1) is 6.92 Å². The maximum Gasteiger partial charge on any atom is 0.126 e. The van der Waals surface area contributed by atoms with Gasteiger partial charge in [-0.3, -0.25) is 5.10 Å². The first-order valence-corrected chi connectivity index (χ1v) is 5.37. The molecule has 3 nitrogen and oxygen atoms in total. The van der Waals surface area contributed by atoms with Crippen LogP contribution in [0.5, 0.6) is 0 Å². The number of rotatable bonds is 2. The van der Waals surface area contributed by atoms with Crippen molar-refractivity contribution < 1.29 is 0 Å². The highest BCUT2D eigenvalue weighted by atomic mass is 32.1. The fraction of sp³-hybridized carbons (Fsp3) is 0.273. The van der Waals surface area contributed by atoms with Crippen molar-refractivity contribution in [3.8, 4) is 11.3 Å². The number of hydrogen-bond acceptors (Lipinski definition) is 3. The molecule has 0 spiro atoms. The number of nitrogens with one attached hydrogen (secondary N) is 1. The van der Waals surface area contributed by atoms with E-state index in [2.05, 4.69) is 60.1 Å². The Labute approximate surface area is 94.3 Å². The van der Waals surface area contributed by atoms with Gasteiger partial charge < -0.3 is 0 Å². The van der Waals surface area contributed by atoms with E-state index in [9.17, 15) is 0 Å². The first kappa shape index (κ1) is 10.2. The molecule has 15 heavy (non-hydrogen) atoms. The number of aromatic amines is 1. The Hall–Kier alpha value is -1.29. The van der Waals surface area contributed by atoms with Crippen molar-refractivity contribution in [2.75, 3.05) is 0 Å². The second-order valence-electron chi connectivity index (χ2n) is 3.47. The summed E-state index contributed by atoms with van der Waals surface area (Å²) in [6.45, 7) is 4.22. The second kappa shape index (κ2) is 4.06. The number of aromatic nitrogens is 3. The number of benzene rings is 1. The van der Waals surface area contributed by atoms with Gasteiger partial charge in [-0.05, 0) is 24.5 Å². The molecular formula is C11H13N3S. The van der Waals surface area contributed by atoms with Gasteiger partial charge in [-0.1, -0.05) is 30.3 Å². The molecule has 0 amide bonds. The van der Waals surface area contributed by atoms with Gasteiger partial charge in [0.1, 0.15) is 10.7 Å². The molecule has 2 rings (SSSR count). The zero-order valence-electron chi connectivity index (χ0n) is 8.78. The van der Waals surface area contributed by atoms with Crippen LogP contribution in [0.1, 0.15) is 18.1 Å². The Bertz CT molecular complexity index is 476. The van der Waals surface area contributed by atoms with E-state index >= 15 is 0 Å². The summed E-state index contributed by atoms with van der Waals surface area (Å²) in [6, 6.07) is 6.26. The van der Waals surface area contributed by atoms with Crippen molar-refractivity contribution in [1.29, 1.82) is 0 Å². The fourth-order valence-electron chi connectivity index (χ4n) is 1.75. The molecule has 1 N–H and O–H groups in total. The number of H-pyrrole nitrogens is 1. The third kappa shape index (κ3) is 1.77. The van der Waals surface area contributed by atoms with Crippen molar-refractivity contribution in [3.63, 3.8) is 0 Å². The van der Waals surface area contributed by atoms with E-state index in [1.807, 2.05) is 0 Å². The van der Waals surface area contributed by atoms with Gasteiger partial charge in [-0.15, -0.1) is 17.7 Å². The Balaban J connectivity index is 2.66. The van der Waals surface area contributed by atoms with Crippen molar-refractivity contribution in [1.82, 2.24) is 15.4 Å². The van der Waals surface area contributed by atoms with Crippen LogP contribution in [0.25, 0.3) is 11.3 Å². The Morgan fingerprint density at radius 1 is 1.40 bits per heavy atom. The van der Waals surface area contributed by atoms with E-state index in [0.717, 1.165) is 22.7 Å². The molecule has 0 atom stereocenters. The number of hydrogen-bond donors (Lipinski definition) is 2. The van der Waals surface area contributed by atoms with E-state index in [-0.39, 0.29) is 0 Å². The zero-order chi connectivity index (χ0) is 10.8. The Kier molecular flexibility index (Phi) is 2.77. The summed E-state index contributed by atoms with van der Waals surface area (Å²) in [5, 5.41) is 11.3. The maximum atomic E-state index is 4.31. The first-order valence-electron chi connectivity index (χ1n) is 4.93. The summed E-state index contributed by atoms with van der Waals surface area (Å²) >= 11 is 4.31. The van der Waals surface area contributed by atoms with E-state index in [4.69, 9.17) is 0 Å². The Morgan fingerprint density at radius 3 is 2.80 bits per heavy atom. The normalized spacial score (nSPS) is 10.6. The largest absolute Gasteiger partial charge is 0.251 e. The molecule has 0 unspecified atom stereocenters. The SMILES string of the molecule is CCc1cccc(C)c1-c1nn[nH]c1S. The van der Waals surface area contributed by atoms with Gasteiger partial charge in [-0.25, -0.2) is 0 Å². The highest BCUT2D eigenvalue weighted by Crippen LogP contribution is 2.29. The molecule has 1 heterocycles. The van der Waals surface area contributed by atoms with E-state index in [1.54, 1.807) is 0 Å². The van der Waals surface area contributed by atoms with E-state index in [1.165, 1.54) is 11.1 Å². The predicted octanol–water partition coefficient (Wildman–Crippen LogP) is 2.63. The lowest BCUT2D eigenvalue weighted by molar-refractivity contribution is 0.913. The number of aryl methyl sites for hydroxylation is 2. The average molecular weight is 219 g/mol. The van der Waals surface area contributed by atoms with Crippen molar-refractivity contribution >= 4 is 12.6 Å². The van der Waals surface area contributed by atoms with Crippen LogP contribution in [0.2, 0.25) is 0 Å². The van der Waals surface area contributed by atoms with Crippen LogP contribution in [-0.2, 0) is 6.42 Å². The Morgan fingerprint density at radius 2 is 2.20 bits per heavy atom. The second-order valence-corrected chi connectivity index (χ2v) is 3.92. The first-order chi connectivity index (χ1) is 7.24. The minimum Gasteiger partial charge on any atom is -0.251 e. The lowest BCUT2D eigenvalue weighted by Crippen LogP contribution is -1.92. The molecule has 1 aromatic heterocycles. The number of thiol groups is 1. The van der Waals surface area contributed by atoms with Crippen LogP contribution < -0.4 is 0 Å². The van der Waals surface area contributed by atoms with Gasteiger partial charge in [0.15, 0.2) is 0 Å². The lowest BCUT2D eigenvalue weighted by atomic mass is 9.98. The van der Waals surface area contributed by atoms with Crippen LogP contribution in [0.3, 0.4) is 0 Å². The van der Waals surface area contributed by atoms with Crippen molar-refractivity contribution in [3.05, 3.63) is 29.3 Å². The molecule has 4 heteroatoms. The fourth-order valence-corrected chi connectivity index (χ4v) is 1.95. The third-order valence-corrected chi connectivity index (χ3v) is 2.82. The van der Waals surface area contributed by atoms with Gasteiger partial charge in [0.2, 0.25) is 0 Å². The molecule has 1 aromatic carbocycles. The molecule has 78 valence electrons. The topological polar surface area (TPSA) is 41.6 Å². The molecule has 0 bridgehead atoms. The molecule has 0 radical (unpaired) electrons. The van der Waals surface area contributed by atoms with Gasteiger partial charge in [0.25, 0.3) is 0 Å². The summed E-state index contributed by atoms with van der Waals surface area (Å²) in [5.41, 5.74) is 4.48. The lowest BCUT2D eigenvalue weighted by Gasteiger charge is -2.08. The average Bonchev–Trinajstić information content (AvgIpc) is 2.64. The molecule has 0 aliphatic heterocycles. The van der Waals surface area contributed by atoms with Gasteiger partial charge in [-0.2, -0.15) is 0 Å². The standard InChI is InChI=1S/C11H13N3S/c1-3-8-6-4-5-7(2)9(8)10-11(15)13-14-12-10/h4-6H,3H2,1-2H3,(H2,12,13,14,15). The van der Waals surface area contributed by atoms with E-state index in [0.29, 0.717) is 0 Å². The van der Waals surface area contributed by atoms with Crippen LogP contribution in [0.4, 0.5) is 0 Å². The van der Waals surface area contributed by atoms with Gasteiger partial charge in [0, 0.05) is 5.56 Å². The van der Waals surface area contributed by atoms with Gasteiger partial charge in [0.05, 0.1) is 0 Å². The molecular weight excluding hydrogens is 206 g/mol.